The summed E-state index contributed by atoms with van der Waals surface area (Å²) in [4.78, 5) is 0. The van der Waals surface area contributed by atoms with E-state index in [0.29, 0.717) is 5.92 Å². The van der Waals surface area contributed by atoms with E-state index in [9.17, 15) is 0 Å². The second kappa shape index (κ2) is 6.62. The summed E-state index contributed by atoms with van der Waals surface area (Å²) in [5.41, 5.74) is 0. The highest BCUT2D eigenvalue weighted by atomic mass is 16.3. The van der Waals surface area contributed by atoms with Crippen molar-refractivity contribution in [2.24, 2.45) is 5.92 Å². The third-order valence-electron chi connectivity index (χ3n) is 1.81. The Balaban J connectivity index is 3.15. The summed E-state index contributed by atoms with van der Waals surface area (Å²) in [5, 5.41) is 11.9. The number of hydrogen-bond acceptors (Lipinski definition) is 2. The summed E-state index contributed by atoms with van der Waals surface area (Å²) >= 11 is 0. The lowest BCUT2D eigenvalue weighted by atomic mass is 10.0. The Kier molecular flexibility index (Phi) is 6.57. The first-order valence-corrected chi connectivity index (χ1v) is 4.58. The molecular weight excluding hydrogens is 138 g/mol. The predicted molar refractivity (Wildman–Crippen MR) is 48.4 cm³/mol. The van der Waals surface area contributed by atoms with Crippen LogP contribution in [0.3, 0.4) is 0 Å². The average Bonchev–Trinajstić information content (AvgIpc) is 1.97. The topological polar surface area (TPSA) is 32.3 Å². The van der Waals surface area contributed by atoms with Gasteiger partial charge in [0, 0.05) is 6.54 Å². The summed E-state index contributed by atoms with van der Waals surface area (Å²) in [6, 6.07) is 0. The van der Waals surface area contributed by atoms with Crippen LogP contribution in [-0.4, -0.2) is 17.9 Å². The zero-order chi connectivity index (χ0) is 8.69. The molecule has 0 aromatic carbocycles. The largest absolute Gasteiger partial charge is 0.379 e. The van der Waals surface area contributed by atoms with Crippen molar-refractivity contribution in [2.45, 2.75) is 46.3 Å². The minimum atomic E-state index is -0.362. The Hall–Kier alpha value is -0.0800. The van der Waals surface area contributed by atoms with E-state index in [1.54, 1.807) is 6.92 Å². The molecule has 2 atom stereocenters. The van der Waals surface area contributed by atoms with Crippen molar-refractivity contribution in [3.8, 4) is 0 Å². The third kappa shape index (κ3) is 7.82. The molecule has 0 aliphatic rings. The van der Waals surface area contributed by atoms with Gasteiger partial charge in [0.05, 0.1) is 0 Å². The number of aliphatic hydroxyl groups is 1. The van der Waals surface area contributed by atoms with Crippen molar-refractivity contribution in [1.82, 2.24) is 5.32 Å². The minimum absolute atomic E-state index is 0.362. The summed E-state index contributed by atoms with van der Waals surface area (Å²) in [5.74, 6) is 0.685. The van der Waals surface area contributed by atoms with Crippen molar-refractivity contribution >= 4 is 0 Å². The molecule has 0 aliphatic heterocycles. The van der Waals surface area contributed by atoms with E-state index in [1.807, 2.05) is 0 Å². The van der Waals surface area contributed by atoms with Crippen LogP contribution in [0.5, 0.6) is 0 Å². The Morgan fingerprint density at radius 2 is 2.00 bits per heavy atom. The number of aliphatic hydroxyl groups excluding tert-OH is 1. The fourth-order valence-corrected chi connectivity index (χ4v) is 1.03. The van der Waals surface area contributed by atoms with Crippen LogP contribution in [0.4, 0.5) is 0 Å². The Bertz CT molecular complexity index is 83.6. The number of rotatable bonds is 6. The van der Waals surface area contributed by atoms with Crippen LogP contribution in [0, 0.1) is 5.92 Å². The summed E-state index contributed by atoms with van der Waals surface area (Å²) < 4.78 is 0. The van der Waals surface area contributed by atoms with E-state index in [1.165, 1.54) is 19.3 Å². The molecule has 2 N–H and O–H groups in total. The van der Waals surface area contributed by atoms with Gasteiger partial charge in [-0.1, -0.05) is 26.7 Å². The molecule has 0 spiro atoms. The molecule has 11 heavy (non-hydrogen) atoms. The third-order valence-corrected chi connectivity index (χ3v) is 1.81. The van der Waals surface area contributed by atoms with E-state index in [-0.39, 0.29) is 6.23 Å². The quantitative estimate of drug-likeness (QED) is 0.579. The fourth-order valence-electron chi connectivity index (χ4n) is 1.03. The maximum Gasteiger partial charge on any atom is 0.102 e. The second-order valence-electron chi connectivity index (χ2n) is 3.33. The van der Waals surface area contributed by atoms with Crippen LogP contribution in [0.1, 0.15) is 40.0 Å². The van der Waals surface area contributed by atoms with Gasteiger partial charge >= 0.3 is 0 Å². The highest BCUT2D eigenvalue weighted by Gasteiger charge is 2.01. The highest BCUT2D eigenvalue weighted by Crippen LogP contribution is 2.05. The first kappa shape index (κ1) is 10.9. The lowest BCUT2D eigenvalue weighted by Crippen LogP contribution is -2.29. The van der Waals surface area contributed by atoms with Crippen LogP contribution in [-0.2, 0) is 0 Å². The van der Waals surface area contributed by atoms with Crippen molar-refractivity contribution in [1.29, 1.82) is 0 Å². The summed E-state index contributed by atoms with van der Waals surface area (Å²) in [6.07, 6.45) is 3.46. The predicted octanol–water partition coefficient (Wildman–Crippen LogP) is 1.74. The number of hydrogen-bond donors (Lipinski definition) is 2. The zero-order valence-corrected chi connectivity index (χ0v) is 7.93. The normalized spacial score (nSPS) is 16.4. The number of nitrogens with one attached hydrogen (secondary N) is 1. The molecule has 0 aromatic heterocycles. The molecule has 0 aliphatic carbocycles. The second-order valence-corrected chi connectivity index (χ2v) is 3.33. The van der Waals surface area contributed by atoms with Crippen molar-refractivity contribution in [3.05, 3.63) is 0 Å². The van der Waals surface area contributed by atoms with Gasteiger partial charge in [0.15, 0.2) is 0 Å². The van der Waals surface area contributed by atoms with E-state index < -0.39 is 0 Å². The van der Waals surface area contributed by atoms with Crippen molar-refractivity contribution in [3.63, 3.8) is 0 Å². The van der Waals surface area contributed by atoms with Crippen molar-refractivity contribution in [2.75, 3.05) is 6.54 Å². The molecule has 0 fully saturated rings. The van der Waals surface area contributed by atoms with Gasteiger partial charge in [-0.3, -0.25) is 5.32 Å². The molecule has 0 saturated heterocycles. The Labute approximate surface area is 70.0 Å². The van der Waals surface area contributed by atoms with Gasteiger partial charge in [-0.15, -0.1) is 0 Å². The Morgan fingerprint density at radius 3 is 2.45 bits per heavy atom. The molecule has 2 nitrogen and oxygen atoms in total. The first-order chi connectivity index (χ1) is 5.16. The van der Waals surface area contributed by atoms with Gasteiger partial charge in [-0.25, -0.2) is 0 Å². The molecule has 0 bridgehead atoms. The zero-order valence-electron chi connectivity index (χ0n) is 7.93. The van der Waals surface area contributed by atoms with Crippen LogP contribution in [0.25, 0.3) is 0 Å². The Morgan fingerprint density at radius 1 is 1.36 bits per heavy atom. The maximum absolute atomic E-state index is 8.92. The van der Waals surface area contributed by atoms with Gasteiger partial charge in [-0.05, 0) is 19.3 Å². The van der Waals surface area contributed by atoms with Gasteiger partial charge in [0.1, 0.15) is 6.23 Å². The van der Waals surface area contributed by atoms with E-state index in [2.05, 4.69) is 19.2 Å². The molecule has 1 unspecified atom stereocenters. The minimum Gasteiger partial charge on any atom is -0.379 e. The molecule has 2 heteroatoms. The SMILES string of the molecule is CCCC[C@@H](C)CNC(C)O. The van der Waals surface area contributed by atoms with Crippen LogP contribution >= 0.6 is 0 Å². The summed E-state index contributed by atoms with van der Waals surface area (Å²) in [6.45, 7) is 7.10. The molecule has 0 rings (SSSR count). The smallest absolute Gasteiger partial charge is 0.102 e. The molecule has 0 aromatic rings. The molecule has 0 saturated carbocycles. The standard InChI is InChI=1S/C9H21NO/c1-4-5-6-8(2)7-10-9(3)11/h8-11H,4-7H2,1-3H3/t8-,9?/m1/s1. The first-order valence-electron chi connectivity index (χ1n) is 4.58. The van der Waals surface area contributed by atoms with Crippen LogP contribution < -0.4 is 5.32 Å². The van der Waals surface area contributed by atoms with Crippen LogP contribution in [0.15, 0.2) is 0 Å². The van der Waals surface area contributed by atoms with Gasteiger partial charge in [0.25, 0.3) is 0 Å². The lowest BCUT2D eigenvalue weighted by molar-refractivity contribution is 0.150. The lowest BCUT2D eigenvalue weighted by Gasteiger charge is -2.13. The molecule has 0 amide bonds. The maximum atomic E-state index is 8.92. The van der Waals surface area contributed by atoms with E-state index >= 15 is 0 Å². The number of unbranched alkanes of at least 4 members (excludes halogenated alkanes) is 1. The monoisotopic (exact) mass is 159 g/mol. The van der Waals surface area contributed by atoms with Gasteiger partial charge in [-0.2, -0.15) is 0 Å². The molecule has 68 valence electrons. The van der Waals surface area contributed by atoms with E-state index in [0.717, 1.165) is 6.54 Å². The van der Waals surface area contributed by atoms with E-state index in [4.69, 9.17) is 5.11 Å². The van der Waals surface area contributed by atoms with Crippen LogP contribution in [0.2, 0.25) is 0 Å². The van der Waals surface area contributed by atoms with Gasteiger partial charge < -0.3 is 5.11 Å². The molecule has 0 heterocycles. The van der Waals surface area contributed by atoms with Gasteiger partial charge in [0.2, 0.25) is 0 Å². The average molecular weight is 159 g/mol. The molecule has 0 radical (unpaired) electrons. The summed E-state index contributed by atoms with van der Waals surface area (Å²) in [7, 11) is 0. The van der Waals surface area contributed by atoms with Crippen molar-refractivity contribution < 1.29 is 5.11 Å². The highest BCUT2D eigenvalue weighted by molar-refractivity contribution is 4.56. The fraction of sp³-hybridized carbons (Fsp3) is 1.00. The molecular formula is C9H21NO.